The van der Waals surface area contributed by atoms with Gasteiger partial charge in [-0.2, -0.15) is 0 Å². The Morgan fingerprint density at radius 1 is 0.963 bits per heavy atom. The average Bonchev–Trinajstić information content (AvgIpc) is 2.68. The number of amides is 1. The van der Waals surface area contributed by atoms with Gasteiger partial charge in [-0.15, -0.1) is 0 Å². The van der Waals surface area contributed by atoms with E-state index in [2.05, 4.69) is 20.4 Å². The normalized spacial score (nSPS) is 10.1. The number of ether oxygens (including phenoxy) is 1. The van der Waals surface area contributed by atoms with Crippen LogP contribution in [0.25, 0.3) is 0 Å². The zero-order valence-corrected chi connectivity index (χ0v) is 15.2. The molecule has 0 radical (unpaired) electrons. The van der Waals surface area contributed by atoms with Crippen LogP contribution in [-0.4, -0.2) is 24.0 Å². The summed E-state index contributed by atoms with van der Waals surface area (Å²) in [5.74, 6) is -0.785. The summed E-state index contributed by atoms with van der Waals surface area (Å²) in [6.07, 6.45) is 1.57. The van der Waals surface area contributed by atoms with Gasteiger partial charge in [0.05, 0.1) is 24.6 Å². The summed E-state index contributed by atoms with van der Waals surface area (Å²) in [6.45, 7) is 0. The number of anilines is 3. The quantitative estimate of drug-likeness (QED) is 0.635. The molecule has 2 aromatic carbocycles. The lowest BCUT2D eigenvalue weighted by Crippen LogP contribution is -2.13. The maximum atomic E-state index is 12.3. The molecule has 1 amide bonds. The van der Waals surface area contributed by atoms with Gasteiger partial charge >= 0.3 is 5.97 Å². The molecule has 0 spiro atoms. The van der Waals surface area contributed by atoms with Crippen molar-refractivity contribution in [2.45, 2.75) is 0 Å². The summed E-state index contributed by atoms with van der Waals surface area (Å²) in [4.78, 5) is 27.9. The summed E-state index contributed by atoms with van der Waals surface area (Å²) < 4.78 is 4.64. The van der Waals surface area contributed by atoms with Crippen LogP contribution < -0.4 is 10.6 Å². The highest BCUT2D eigenvalue weighted by molar-refractivity contribution is 6.30. The molecular weight excluding hydrogens is 366 g/mol. The van der Waals surface area contributed by atoms with Crippen LogP contribution in [-0.2, 0) is 4.74 Å². The lowest BCUT2D eigenvalue weighted by Gasteiger charge is -2.08. The number of rotatable bonds is 5. The van der Waals surface area contributed by atoms with Crippen molar-refractivity contribution in [3.8, 4) is 0 Å². The van der Waals surface area contributed by atoms with Crippen LogP contribution in [0.4, 0.5) is 17.1 Å². The van der Waals surface area contributed by atoms with Crippen molar-refractivity contribution in [2.24, 2.45) is 0 Å². The molecule has 0 fully saturated rings. The molecule has 0 unspecified atom stereocenters. The number of nitrogens with zero attached hydrogens (tertiary/aromatic N) is 1. The molecule has 3 aromatic rings. The minimum atomic E-state index is -0.433. The number of hydrogen-bond donors (Lipinski definition) is 2. The molecule has 1 aromatic heterocycles. The van der Waals surface area contributed by atoms with Gasteiger partial charge in [-0.3, -0.25) is 4.79 Å². The average molecular weight is 382 g/mol. The molecule has 1 heterocycles. The zero-order valence-electron chi connectivity index (χ0n) is 14.4. The number of halogens is 1. The lowest BCUT2D eigenvalue weighted by molar-refractivity contribution is 0.0600. The van der Waals surface area contributed by atoms with Crippen LogP contribution in [0.5, 0.6) is 0 Å². The highest BCUT2D eigenvalue weighted by Gasteiger charge is 2.09. The number of nitrogens with one attached hydrogen (secondary N) is 2. The van der Waals surface area contributed by atoms with E-state index in [1.807, 2.05) is 12.1 Å². The van der Waals surface area contributed by atoms with E-state index in [1.54, 1.807) is 54.7 Å². The molecular formula is C20H16ClN3O3. The Morgan fingerprint density at radius 3 is 2.33 bits per heavy atom. The van der Waals surface area contributed by atoms with Crippen LogP contribution in [0, 0.1) is 0 Å². The Balaban J connectivity index is 1.64. The summed E-state index contributed by atoms with van der Waals surface area (Å²) in [5.41, 5.74) is 2.78. The van der Waals surface area contributed by atoms with Crippen LogP contribution in [0.2, 0.25) is 5.02 Å². The van der Waals surface area contributed by atoms with Gasteiger partial charge in [0.1, 0.15) is 5.69 Å². The SMILES string of the molecule is COC(=O)c1ccc(NC(=O)c2ccc(Nc3cccc(Cl)c3)cn2)cc1. The van der Waals surface area contributed by atoms with E-state index in [1.165, 1.54) is 7.11 Å². The Morgan fingerprint density at radius 2 is 1.70 bits per heavy atom. The number of aromatic nitrogens is 1. The molecule has 0 aliphatic carbocycles. The number of carbonyl (C=O) groups excluding carboxylic acids is 2. The lowest BCUT2D eigenvalue weighted by atomic mass is 10.2. The fourth-order valence-electron chi connectivity index (χ4n) is 2.34. The Hall–Kier alpha value is -3.38. The Kier molecular flexibility index (Phi) is 5.68. The van der Waals surface area contributed by atoms with Crippen LogP contribution in [0.3, 0.4) is 0 Å². The van der Waals surface area contributed by atoms with Gasteiger partial charge in [0.25, 0.3) is 5.91 Å². The predicted molar refractivity (Wildman–Crippen MR) is 105 cm³/mol. The molecule has 2 N–H and O–H groups in total. The fourth-order valence-corrected chi connectivity index (χ4v) is 2.53. The third-order valence-corrected chi connectivity index (χ3v) is 3.91. The number of pyridine rings is 1. The zero-order chi connectivity index (χ0) is 19.2. The van der Waals surface area contributed by atoms with E-state index in [-0.39, 0.29) is 11.6 Å². The summed E-state index contributed by atoms with van der Waals surface area (Å²) >= 11 is 5.96. The number of esters is 1. The maximum absolute atomic E-state index is 12.3. The van der Waals surface area contributed by atoms with E-state index < -0.39 is 5.97 Å². The highest BCUT2D eigenvalue weighted by atomic mass is 35.5. The van der Waals surface area contributed by atoms with Gasteiger partial charge in [-0.25, -0.2) is 9.78 Å². The first kappa shape index (κ1) is 18.4. The van der Waals surface area contributed by atoms with Crippen LogP contribution in [0.15, 0.2) is 66.9 Å². The van der Waals surface area contributed by atoms with E-state index >= 15 is 0 Å². The van der Waals surface area contributed by atoms with Crippen molar-refractivity contribution >= 4 is 40.5 Å². The van der Waals surface area contributed by atoms with E-state index in [0.717, 1.165) is 11.4 Å². The molecule has 0 atom stereocenters. The van der Waals surface area contributed by atoms with Gasteiger partial charge in [0.15, 0.2) is 0 Å². The standard InChI is InChI=1S/C20H16ClN3O3/c1-27-20(26)13-5-7-15(8-6-13)24-19(25)18-10-9-17(12-22-18)23-16-4-2-3-14(21)11-16/h2-12,23H,1H3,(H,24,25). The molecule has 6 nitrogen and oxygen atoms in total. The molecule has 3 rings (SSSR count). The molecule has 0 saturated heterocycles. The van der Waals surface area contributed by atoms with Gasteiger partial charge in [0, 0.05) is 16.4 Å². The number of hydrogen-bond acceptors (Lipinski definition) is 5. The van der Waals surface area contributed by atoms with Crippen LogP contribution in [0.1, 0.15) is 20.8 Å². The molecule has 0 aliphatic rings. The molecule has 0 bridgehead atoms. The maximum Gasteiger partial charge on any atom is 0.337 e. The minimum Gasteiger partial charge on any atom is -0.465 e. The van der Waals surface area contributed by atoms with Crippen molar-refractivity contribution in [1.82, 2.24) is 4.98 Å². The summed E-state index contributed by atoms with van der Waals surface area (Å²) in [5, 5.41) is 6.52. The Labute approximate surface area is 161 Å². The third kappa shape index (κ3) is 4.83. The first-order valence-corrected chi connectivity index (χ1v) is 8.41. The largest absolute Gasteiger partial charge is 0.465 e. The smallest absolute Gasteiger partial charge is 0.337 e. The van der Waals surface area contributed by atoms with E-state index in [0.29, 0.717) is 16.3 Å². The van der Waals surface area contributed by atoms with Crippen molar-refractivity contribution in [1.29, 1.82) is 0 Å². The van der Waals surface area contributed by atoms with Crippen molar-refractivity contribution in [3.05, 3.63) is 83.1 Å². The topological polar surface area (TPSA) is 80.3 Å². The molecule has 0 saturated carbocycles. The van der Waals surface area contributed by atoms with Crippen molar-refractivity contribution in [3.63, 3.8) is 0 Å². The van der Waals surface area contributed by atoms with Gasteiger partial charge in [-0.05, 0) is 54.6 Å². The van der Waals surface area contributed by atoms with E-state index in [9.17, 15) is 9.59 Å². The van der Waals surface area contributed by atoms with Gasteiger partial charge in [0.2, 0.25) is 0 Å². The number of methoxy groups -OCH3 is 1. The monoisotopic (exact) mass is 381 g/mol. The highest BCUT2D eigenvalue weighted by Crippen LogP contribution is 2.20. The second kappa shape index (κ2) is 8.33. The summed E-state index contributed by atoms with van der Waals surface area (Å²) in [6, 6.07) is 17.1. The van der Waals surface area contributed by atoms with E-state index in [4.69, 9.17) is 11.6 Å². The summed E-state index contributed by atoms with van der Waals surface area (Å²) in [7, 11) is 1.31. The second-order valence-electron chi connectivity index (χ2n) is 5.59. The van der Waals surface area contributed by atoms with Crippen molar-refractivity contribution in [2.75, 3.05) is 17.7 Å². The number of carbonyl (C=O) groups is 2. The fraction of sp³-hybridized carbons (Fsp3) is 0.0500. The predicted octanol–water partition coefficient (Wildman–Crippen LogP) is 4.52. The third-order valence-electron chi connectivity index (χ3n) is 3.67. The van der Waals surface area contributed by atoms with Crippen molar-refractivity contribution < 1.29 is 14.3 Å². The first-order chi connectivity index (χ1) is 13.0. The molecule has 136 valence electrons. The molecule has 7 heteroatoms. The Bertz CT molecular complexity index is 957. The van der Waals surface area contributed by atoms with Gasteiger partial charge < -0.3 is 15.4 Å². The molecule has 27 heavy (non-hydrogen) atoms. The van der Waals surface area contributed by atoms with Crippen LogP contribution >= 0.6 is 11.6 Å². The minimum absolute atomic E-state index is 0.267. The van der Waals surface area contributed by atoms with Gasteiger partial charge in [-0.1, -0.05) is 17.7 Å². The number of benzene rings is 2. The second-order valence-corrected chi connectivity index (χ2v) is 6.03. The first-order valence-electron chi connectivity index (χ1n) is 8.03. The molecule has 0 aliphatic heterocycles.